The topological polar surface area (TPSA) is 58.7 Å². The van der Waals surface area contributed by atoms with Crippen LogP contribution in [0.4, 0.5) is 0 Å². The van der Waals surface area contributed by atoms with Gasteiger partial charge in [-0.3, -0.25) is 4.90 Å². The maximum absolute atomic E-state index is 10.2. The van der Waals surface area contributed by atoms with Crippen molar-refractivity contribution >= 4 is 0 Å². The zero-order chi connectivity index (χ0) is 14.4. The van der Waals surface area contributed by atoms with E-state index in [-0.39, 0.29) is 0 Å². The number of fused-ring (bicyclic) bond motifs is 1. The standard InChI is InChI=1S/C16H26N2O2/c1-2-16(19,13-17)8-5-9-18-10-11-20-15-7-4-3-6-14(15)12-18/h3-4,6-7,19H,2,5,8-13,17H2,1H3. The van der Waals surface area contributed by atoms with E-state index in [9.17, 15) is 5.11 Å². The van der Waals surface area contributed by atoms with Crippen molar-refractivity contribution < 1.29 is 9.84 Å². The molecular formula is C16H26N2O2. The van der Waals surface area contributed by atoms with Gasteiger partial charge in [0.2, 0.25) is 0 Å². The second kappa shape index (κ2) is 7.07. The Morgan fingerprint density at radius 1 is 1.40 bits per heavy atom. The van der Waals surface area contributed by atoms with Crippen LogP contribution in [0.15, 0.2) is 24.3 Å². The average Bonchev–Trinajstić information content (AvgIpc) is 2.68. The lowest BCUT2D eigenvalue weighted by molar-refractivity contribution is 0.0312. The Kier molecular flexibility index (Phi) is 5.40. The molecule has 3 N–H and O–H groups in total. The van der Waals surface area contributed by atoms with Gasteiger partial charge >= 0.3 is 0 Å². The van der Waals surface area contributed by atoms with Crippen molar-refractivity contribution in [3.63, 3.8) is 0 Å². The van der Waals surface area contributed by atoms with Gasteiger partial charge in [0.05, 0.1) is 5.60 Å². The number of nitrogens with two attached hydrogens (primary N) is 1. The number of aliphatic hydroxyl groups is 1. The first-order valence-corrected chi connectivity index (χ1v) is 7.52. The number of nitrogens with zero attached hydrogens (tertiary/aromatic N) is 1. The predicted octanol–water partition coefficient (Wildman–Crippen LogP) is 1.76. The van der Waals surface area contributed by atoms with Gasteiger partial charge < -0.3 is 15.6 Å². The Hall–Kier alpha value is -1.10. The van der Waals surface area contributed by atoms with Crippen molar-refractivity contribution in [3.8, 4) is 5.75 Å². The molecule has 1 aromatic carbocycles. The van der Waals surface area contributed by atoms with E-state index in [1.807, 2.05) is 19.1 Å². The molecule has 0 aromatic heterocycles. The highest BCUT2D eigenvalue weighted by atomic mass is 16.5. The molecule has 0 spiro atoms. The van der Waals surface area contributed by atoms with E-state index in [2.05, 4.69) is 17.0 Å². The first kappa shape index (κ1) is 15.3. The molecule has 1 atom stereocenters. The van der Waals surface area contributed by atoms with Gasteiger partial charge in [0.15, 0.2) is 0 Å². The summed E-state index contributed by atoms with van der Waals surface area (Å²) in [6, 6.07) is 8.21. The molecule has 0 bridgehead atoms. The summed E-state index contributed by atoms with van der Waals surface area (Å²) in [4.78, 5) is 2.39. The van der Waals surface area contributed by atoms with E-state index in [1.165, 1.54) is 5.56 Å². The summed E-state index contributed by atoms with van der Waals surface area (Å²) in [6.07, 6.45) is 2.44. The van der Waals surface area contributed by atoms with E-state index in [4.69, 9.17) is 10.5 Å². The molecule has 4 nitrogen and oxygen atoms in total. The number of ether oxygens (including phenoxy) is 1. The van der Waals surface area contributed by atoms with Gasteiger partial charge in [-0.2, -0.15) is 0 Å². The van der Waals surface area contributed by atoms with E-state index < -0.39 is 5.60 Å². The van der Waals surface area contributed by atoms with Gasteiger partial charge in [-0.25, -0.2) is 0 Å². The van der Waals surface area contributed by atoms with Gasteiger partial charge in [0, 0.05) is 25.2 Å². The van der Waals surface area contributed by atoms with Crippen molar-refractivity contribution in [2.24, 2.45) is 5.73 Å². The van der Waals surface area contributed by atoms with Gasteiger partial charge in [-0.05, 0) is 31.9 Å². The fourth-order valence-corrected chi connectivity index (χ4v) is 2.63. The minimum atomic E-state index is -0.694. The summed E-state index contributed by atoms with van der Waals surface area (Å²) in [7, 11) is 0. The molecule has 0 fully saturated rings. The van der Waals surface area contributed by atoms with Crippen molar-refractivity contribution in [1.82, 2.24) is 4.90 Å². The predicted molar refractivity (Wildman–Crippen MR) is 80.7 cm³/mol. The molecular weight excluding hydrogens is 252 g/mol. The van der Waals surface area contributed by atoms with E-state index in [0.29, 0.717) is 6.54 Å². The summed E-state index contributed by atoms with van der Waals surface area (Å²) < 4.78 is 5.76. The van der Waals surface area contributed by atoms with Crippen molar-refractivity contribution in [2.45, 2.75) is 38.3 Å². The van der Waals surface area contributed by atoms with Crippen LogP contribution in [0.2, 0.25) is 0 Å². The molecule has 112 valence electrons. The lowest BCUT2D eigenvalue weighted by atomic mass is 9.95. The number of para-hydroxylation sites is 1. The molecule has 4 heteroatoms. The number of rotatable bonds is 6. The van der Waals surface area contributed by atoms with Crippen LogP contribution in [0, 0.1) is 0 Å². The summed E-state index contributed by atoms with van der Waals surface area (Å²) >= 11 is 0. The molecule has 0 radical (unpaired) electrons. The molecule has 0 aliphatic carbocycles. The number of hydrogen-bond donors (Lipinski definition) is 2. The Labute approximate surface area is 121 Å². The lowest BCUT2D eigenvalue weighted by Gasteiger charge is -2.26. The Morgan fingerprint density at radius 3 is 2.95 bits per heavy atom. The monoisotopic (exact) mass is 278 g/mol. The fourth-order valence-electron chi connectivity index (χ4n) is 2.63. The second-order valence-electron chi connectivity index (χ2n) is 5.62. The molecule has 1 aliphatic rings. The van der Waals surface area contributed by atoms with Crippen molar-refractivity contribution in [1.29, 1.82) is 0 Å². The van der Waals surface area contributed by atoms with Crippen LogP contribution in [-0.2, 0) is 6.54 Å². The van der Waals surface area contributed by atoms with Gasteiger partial charge in [-0.15, -0.1) is 0 Å². The molecule has 1 heterocycles. The highest BCUT2D eigenvalue weighted by molar-refractivity contribution is 5.33. The van der Waals surface area contributed by atoms with Crippen LogP contribution in [-0.4, -0.2) is 41.8 Å². The van der Waals surface area contributed by atoms with E-state index in [0.717, 1.165) is 51.3 Å². The first-order valence-electron chi connectivity index (χ1n) is 7.52. The van der Waals surface area contributed by atoms with Gasteiger partial charge in [-0.1, -0.05) is 25.1 Å². The number of hydrogen-bond acceptors (Lipinski definition) is 4. The molecule has 20 heavy (non-hydrogen) atoms. The minimum Gasteiger partial charge on any atom is -0.492 e. The van der Waals surface area contributed by atoms with Crippen LogP contribution in [0.5, 0.6) is 5.75 Å². The van der Waals surface area contributed by atoms with Crippen LogP contribution >= 0.6 is 0 Å². The maximum atomic E-state index is 10.2. The molecule has 0 saturated carbocycles. The van der Waals surface area contributed by atoms with Crippen molar-refractivity contribution in [3.05, 3.63) is 29.8 Å². The maximum Gasteiger partial charge on any atom is 0.123 e. The first-order chi connectivity index (χ1) is 9.67. The fraction of sp³-hybridized carbons (Fsp3) is 0.625. The molecule has 1 aromatic rings. The summed E-state index contributed by atoms with van der Waals surface area (Å²) in [5.74, 6) is 1.00. The van der Waals surface area contributed by atoms with E-state index >= 15 is 0 Å². The summed E-state index contributed by atoms with van der Waals surface area (Å²) in [5, 5.41) is 10.2. The molecule has 1 unspecified atom stereocenters. The highest BCUT2D eigenvalue weighted by Gasteiger charge is 2.22. The molecule has 2 rings (SSSR count). The van der Waals surface area contributed by atoms with Crippen molar-refractivity contribution in [2.75, 3.05) is 26.2 Å². The summed E-state index contributed by atoms with van der Waals surface area (Å²) in [5.41, 5.74) is 6.19. The smallest absolute Gasteiger partial charge is 0.123 e. The molecule has 0 saturated heterocycles. The highest BCUT2D eigenvalue weighted by Crippen LogP contribution is 2.23. The summed E-state index contributed by atoms with van der Waals surface area (Å²) in [6.45, 7) is 5.88. The SMILES string of the molecule is CCC(O)(CN)CCCN1CCOc2ccccc2C1. The van der Waals surface area contributed by atoms with Gasteiger partial charge in [0.25, 0.3) is 0 Å². The van der Waals surface area contributed by atoms with Crippen LogP contribution in [0.25, 0.3) is 0 Å². The second-order valence-corrected chi connectivity index (χ2v) is 5.62. The van der Waals surface area contributed by atoms with Crippen LogP contribution < -0.4 is 10.5 Å². The average molecular weight is 278 g/mol. The lowest BCUT2D eigenvalue weighted by Crippen LogP contribution is -2.38. The third-order valence-electron chi connectivity index (χ3n) is 4.19. The normalized spacial score (nSPS) is 18.8. The largest absolute Gasteiger partial charge is 0.492 e. The third-order valence-corrected chi connectivity index (χ3v) is 4.19. The molecule has 0 amide bonds. The minimum absolute atomic E-state index is 0.343. The Bertz CT molecular complexity index is 419. The zero-order valence-electron chi connectivity index (χ0n) is 12.3. The van der Waals surface area contributed by atoms with Gasteiger partial charge in [0.1, 0.15) is 12.4 Å². The Balaban J connectivity index is 1.85. The zero-order valence-corrected chi connectivity index (χ0v) is 12.3. The van der Waals surface area contributed by atoms with Crippen LogP contribution in [0.1, 0.15) is 31.7 Å². The number of benzene rings is 1. The third kappa shape index (κ3) is 3.95. The quantitative estimate of drug-likeness (QED) is 0.832. The van der Waals surface area contributed by atoms with Crippen LogP contribution in [0.3, 0.4) is 0 Å². The molecule has 1 aliphatic heterocycles. The Morgan fingerprint density at radius 2 is 2.20 bits per heavy atom. The van der Waals surface area contributed by atoms with E-state index in [1.54, 1.807) is 0 Å².